The molecule has 128 valence electrons. The molecule has 3 rings (SSSR count). The van der Waals surface area contributed by atoms with Crippen LogP contribution in [0.1, 0.15) is 37.9 Å². The summed E-state index contributed by atoms with van der Waals surface area (Å²) < 4.78 is 0. The van der Waals surface area contributed by atoms with Crippen molar-refractivity contribution in [2.24, 2.45) is 0 Å². The number of carbonyl (C=O) groups excluding carboxylic acids is 2. The Morgan fingerprint density at radius 2 is 1.76 bits per heavy atom. The minimum absolute atomic E-state index is 0.192. The van der Waals surface area contributed by atoms with Gasteiger partial charge in [0.15, 0.2) is 0 Å². The number of rotatable bonds is 5. The fraction of sp³-hybridized carbons (Fsp3) is 0.118. The lowest BCUT2D eigenvalue weighted by molar-refractivity contribution is 0.0711. The van der Waals surface area contributed by atoms with Crippen molar-refractivity contribution in [3.8, 4) is 11.1 Å². The van der Waals surface area contributed by atoms with Gasteiger partial charge in [0, 0.05) is 11.8 Å². The van der Waals surface area contributed by atoms with E-state index in [1.54, 1.807) is 17.7 Å². The Hall–Kier alpha value is -2.97. The molecular weight excluding hydrogens is 340 g/mol. The number of H-pyrrole nitrogens is 1. The van der Waals surface area contributed by atoms with E-state index in [2.05, 4.69) is 15.5 Å². The number of hydrogen-bond donors (Lipinski definition) is 4. The van der Waals surface area contributed by atoms with E-state index in [9.17, 15) is 9.59 Å². The molecular formula is C17H16N4O3S. The van der Waals surface area contributed by atoms with Crippen LogP contribution in [-0.4, -0.2) is 27.2 Å². The molecule has 2 aromatic heterocycles. The molecule has 1 unspecified atom stereocenters. The first kappa shape index (κ1) is 16.9. The van der Waals surface area contributed by atoms with Gasteiger partial charge in [0.25, 0.3) is 11.8 Å². The molecule has 0 saturated carbocycles. The van der Waals surface area contributed by atoms with Crippen molar-refractivity contribution in [2.75, 3.05) is 0 Å². The molecule has 0 aliphatic rings. The molecule has 0 radical (unpaired) electrons. The SMILES string of the molecule is CC(NC(=O)c1ccc(C(=O)NO)s1)c1ccc(-c2cn[nH]c2)cc1. The maximum absolute atomic E-state index is 12.3. The highest BCUT2D eigenvalue weighted by molar-refractivity contribution is 7.15. The predicted octanol–water partition coefficient (Wildman–Crippen LogP) is 2.75. The molecule has 0 saturated heterocycles. The van der Waals surface area contributed by atoms with E-state index in [1.165, 1.54) is 6.07 Å². The summed E-state index contributed by atoms with van der Waals surface area (Å²) in [5.41, 5.74) is 4.55. The Morgan fingerprint density at radius 1 is 1.08 bits per heavy atom. The van der Waals surface area contributed by atoms with Gasteiger partial charge in [-0.2, -0.15) is 5.10 Å². The van der Waals surface area contributed by atoms with Crippen molar-refractivity contribution < 1.29 is 14.8 Å². The zero-order valence-electron chi connectivity index (χ0n) is 13.3. The fourth-order valence-electron chi connectivity index (χ4n) is 2.36. The van der Waals surface area contributed by atoms with Crippen molar-refractivity contribution in [1.82, 2.24) is 21.0 Å². The van der Waals surface area contributed by atoms with Crippen molar-refractivity contribution in [3.05, 3.63) is 64.1 Å². The molecule has 1 atom stereocenters. The third-order valence-electron chi connectivity index (χ3n) is 3.74. The number of amides is 2. The number of hydrogen-bond acceptors (Lipinski definition) is 5. The molecule has 2 amide bonds. The van der Waals surface area contributed by atoms with Gasteiger partial charge in [-0.3, -0.25) is 19.9 Å². The summed E-state index contributed by atoms with van der Waals surface area (Å²) in [6.07, 6.45) is 3.56. The van der Waals surface area contributed by atoms with E-state index in [4.69, 9.17) is 5.21 Å². The molecule has 0 spiro atoms. The molecule has 7 nitrogen and oxygen atoms in total. The maximum atomic E-state index is 12.3. The molecule has 0 aliphatic heterocycles. The molecule has 1 aromatic carbocycles. The number of carbonyl (C=O) groups is 2. The van der Waals surface area contributed by atoms with Gasteiger partial charge < -0.3 is 5.32 Å². The third kappa shape index (κ3) is 3.76. The molecule has 8 heteroatoms. The number of nitrogens with zero attached hydrogens (tertiary/aromatic N) is 1. The van der Waals surface area contributed by atoms with Gasteiger partial charge in [-0.05, 0) is 30.2 Å². The van der Waals surface area contributed by atoms with Crippen molar-refractivity contribution in [1.29, 1.82) is 0 Å². The zero-order valence-corrected chi connectivity index (χ0v) is 14.1. The molecule has 4 N–H and O–H groups in total. The van der Waals surface area contributed by atoms with Crippen LogP contribution in [0, 0.1) is 0 Å². The highest BCUT2D eigenvalue weighted by atomic mass is 32.1. The molecule has 0 aliphatic carbocycles. The van der Waals surface area contributed by atoms with Gasteiger partial charge in [-0.15, -0.1) is 11.3 Å². The highest BCUT2D eigenvalue weighted by Crippen LogP contribution is 2.22. The van der Waals surface area contributed by atoms with E-state index < -0.39 is 5.91 Å². The molecule has 0 bridgehead atoms. The summed E-state index contributed by atoms with van der Waals surface area (Å²) >= 11 is 1.02. The Balaban J connectivity index is 1.67. The second-order valence-corrected chi connectivity index (χ2v) is 6.49. The summed E-state index contributed by atoms with van der Waals surface area (Å²) in [7, 11) is 0. The highest BCUT2D eigenvalue weighted by Gasteiger charge is 2.16. The first-order valence-electron chi connectivity index (χ1n) is 7.52. The van der Waals surface area contributed by atoms with Crippen LogP contribution in [0.2, 0.25) is 0 Å². The standard InChI is InChI=1S/C17H16N4O3S/c1-10(11-2-4-12(5-3-11)13-8-18-19-9-13)20-16(22)14-6-7-15(25-14)17(23)21-24/h2-10,24H,1H3,(H,18,19)(H,20,22)(H,21,23). The normalized spacial score (nSPS) is 11.8. The van der Waals surface area contributed by atoms with Crippen LogP contribution in [0.15, 0.2) is 48.8 Å². The van der Waals surface area contributed by atoms with Crippen LogP contribution in [0.4, 0.5) is 0 Å². The minimum atomic E-state index is -0.632. The summed E-state index contributed by atoms with van der Waals surface area (Å²) in [6.45, 7) is 1.89. The maximum Gasteiger partial charge on any atom is 0.284 e. The van der Waals surface area contributed by atoms with E-state index in [1.807, 2.05) is 37.4 Å². The Kier molecular flexibility index (Phi) is 4.92. The topological polar surface area (TPSA) is 107 Å². The Morgan fingerprint density at radius 3 is 2.36 bits per heavy atom. The van der Waals surface area contributed by atoms with Crippen LogP contribution < -0.4 is 10.8 Å². The lowest BCUT2D eigenvalue weighted by atomic mass is 10.0. The van der Waals surface area contributed by atoms with E-state index in [0.29, 0.717) is 4.88 Å². The summed E-state index contributed by atoms with van der Waals surface area (Å²) in [5.74, 6) is -0.902. The van der Waals surface area contributed by atoms with Crippen LogP contribution in [0.3, 0.4) is 0 Å². The van der Waals surface area contributed by atoms with E-state index in [0.717, 1.165) is 28.0 Å². The molecule has 3 aromatic rings. The lowest BCUT2D eigenvalue weighted by Gasteiger charge is -2.14. The van der Waals surface area contributed by atoms with Gasteiger partial charge in [-0.1, -0.05) is 24.3 Å². The second-order valence-electron chi connectivity index (χ2n) is 5.41. The third-order valence-corrected chi connectivity index (χ3v) is 4.83. The fourth-order valence-corrected chi connectivity index (χ4v) is 3.16. The number of thiophene rings is 1. The van der Waals surface area contributed by atoms with Gasteiger partial charge in [0.2, 0.25) is 0 Å². The smallest absolute Gasteiger partial charge is 0.284 e. The number of benzene rings is 1. The quantitative estimate of drug-likeness (QED) is 0.416. The number of aromatic nitrogens is 2. The van der Waals surface area contributed by atoms with Gasteiger partial charge in [0.1, 0.15) is 0 Å². The van der Waals surface area contributed by atoms with Gasteiger partial charge >= 0.3 is 0 Å². The van der Waals surface area contributed by atoms with Crippen LogP contribution in [0.5, 0.6) is 0 Å². The molecule has 0 fully saturated rings. The van der Waals surface area contributed by atoms with E-state index >= 15 is 0 Å². The molecule has 2 heterocycles. The van der Waals surface area contributed by atoms with Crippen molar-refractivity contribution in [2.45, 2.75) is 13.0 Å². The monoisotopic (exact) mass is 356 g/mol. The second kappa shape index (κ2) is 7.29. The average Bonchev–Trinajstić information content (AvgIpc) is 3.33. The minimum Gasteiger partial charge on any atom is -0.345 e. The largest absolute Gasteiger partial charge is 0.345 e. The lowest BCUT2D eigenvalue weighted by Crippen LogP contribution is -2.25. The summed E-state index contributed by atoms with van der Waals surface area (Å²) in [4.78, 5) is 24.3. The number of aromatic amines is 1. The molecule has 25 heavy (non-hydrogen) atoms. The zero-order chi connectivity index (χ0) is 17.8. The van der Waals surface area contributed by atoms with Crippen molar-refractivity contribution in [3.63, 3.8) is 0 Å². The average molecular weight is 356 g/mol. The Bertz CT molecular complexity index is 872. The van der Waals surface area contributed by atoms with Crippen LogP contribution in [-0.2, 0) is 0 Å². The Labute approximate surface area is 147 Å². The number of hydroxylamine groups is 1. The van der Waals surface area contributed by atoms with Crippen LogP contribution in [0.25, 0.3) is 11.1 Å². The summed E-state index contributed by atoms with van der Waals surface area (Å²) in [5, 5.41) is 18.2. The number of nitrogens with one attached hydrogen (secondary N) is 3. The predicted molar refractivity (Wildman–Crippen MR) is 93.5 cm³/mol. The van der Waals surface area contributed by atoms with E-state index in [-0.39, 0.29) is 16.8 Å². The van der Waals surface area contributed by atoms with Gasteiger partial charge in [0.05, 0.1) is 22.0 Å². The van der Waals surface area contributed by atoms with Gasteiger partial charge in [-0.25, -0.2) is 5.48 Å². The first-order chi connectivity index (χ1) is 12.1. The van der Waals surface area contributed by atoms with Crippen LogP contribution >= 0.6 is 11.3 Å². The first-order valence-corrected chi connectivity index (χ1v) is 8.34. The summed E-state index contributed by atoms with van der Waals surface area (Å²) in [6, 6.07) is 10.7. The van der Waals surface area contributed by atoms with Crippen molar-refractivity contribution >= 4 is 23.2 Å².